The molecule has 1 aliphatic heterocycles. The van der Waals surface area contributed by atoms with Crippen LogP contribution in [0.15, 0.2) is 48.0 Å². The van der Waals surface area contributed by atoms with Gasteiger partial charge < -0.3 is 29.5 Å². The number of hydrogen-bond donors (Lipinski definition) is 2. The summed E-state index contributed by atoms with van der Waals surface area (Å²) in [7, 11) is 6.85. The highest BCUT2D eigenvalue weighted by molar-refractivity contribution is 6.46. The molecule has 1 aliphatic rings. The molecule has 3 rings (SSSR count). The Labute approximate surface area is 187 Å². The van der Waals surface area contributed by atoms with E-state index in [1.807, 2.05) is 19.0 Å². The Morgan fingerprint density at radius 3 is 2.38 bits per heavy atom. The van der Waals surface area contributed by atoms with Gasteiger partial charge in [0.25, 0.3) is 11.7 Å². The standard InChI is InChI=1S/C24H28N2O6/c1-25(2)11-6-12-26-21(15-7-5-8-16(13-15)31-3)20(23(29)24(26)30)22(28)18-10-9-17(32-4)14-19(18)27/h5,7-10,13-14,21,27-28H,6,11-12H2,1-4H3. The van der Waals surface area contributed by atoms with Crippen molar-refractivity contribution >= 4 is 17.4 Å². The van der Waals surface area contributed by atoms with Crippen LogP contribution >= 0.6 is 0 Å². The molecule has 1 atom stereocenters. The summed E-state index contributed by atoms with van der Waals surface area (Å²) in [6.07, 6.45) is 0.647. The number of aromatic hydroxyl groups is 1. The van der Waals surface area contributed by atoms with Gasteiger partial charge >= 0.3 is 0 Å². The van der Waals surface area contributed by atoms with Crippen molar-refractivity contribution in [2.24, 2.45) is 0 Å². The first-order valence-corrected chi connectivity index (χ1v) is 10.2. The number of carbonyl (C=O) groups excluding carboxylic acids is 2. The predicted octanol–water partition coefficient (Wildman–Crippen LogP) is 2.78. The zero-order valence-electron chi connectivity index (χ0n) is 18.7. The first-order chi connectivity index (χ1) is 15.3. The quantitative estimate of drug-likeness (QED) is 0.370. The monoisotopic (exact) mass is 440 g/mol. The number of ketones is 1. The zero-order valence-corrected chi connectivity index (χ0v) is 18.7. The summed E-state index contributed by atoms with van der Waals surface area (Å²) in [6.45, 7) is 1.06. The fraction of sp³-hybridized carbons (Fsp3) is 0.333. The van der Waals surface area contributed by atoms with E-state index in [1.165, 1.54) is 31.3 Å². The van der Waals surface area contributed by atoms with Crippen LogP contribution in [0.2, 0.25) is 0 Å². The van der Waals surface area contributed by atoms with E-state index in [0.717, 1.165) is 6.54 Å². The topological polar surface area (TPSA) is 99.5 Å². The minimum atomic E-state index is -0.811. The van der Waals surface area contributed by atoms with Gasteiger partial charge in [0.2, 0.25) is 0 Å². The van der Waals surface area contributed by atoms with Crippen LogP contribution < -0.4 is 9.47 Å². The van der Waals surface area contributed by atoms with Crippen molar-refractivity contribution < 1.29 is 29.3 Å². The molecule has 170 valence electrons. The van der Waals surface area contributed by atoms with Crippen molar-refractivity contribution in [3.05, 3.63) is 59.2 Å². The maximum Gasteiger partial charge on any atom is 0.295 e. The summed E-state index contributed by atoms with van der Waals surface area (Å²) < 4.78 is 10.4. The number of nitrogens with zero attached hydrogens (tertiary/aromatic N) is 2. The number of amides is 1. The molecule has 0 spiro atoms. The molecule has 1 unspecified atom stereocenters. The van der Waals surface area contributed by atoms with Gasteiger partial charge in [-0.2, -0.15) is 0 Å². The van der Waals surface area contributed by atoms with E-state index in [-0.39, 0.29) is 16.9 Å². The van der Waals surface area contributed by atoms with E-state index in [9.17, 15) is 19.8 Å². The number of phenolic OH excluding ortho intramolecular Hbond substituents is 1. The molecular formula is C24H28N2O6. The maximum atomic E-state index is 13.0. The largest absolute Gasteiger partial charge is 0.507 e. The van der Waals surface area contributed by atoms with Gasteiger partial charge in [-0.15, -0.1) is 0 Å². The molecule has 0 aromatic heterocycles. The van der Waals surface area contributed by atoms with Crippen LogP contribution in [-0.4, -0.2) is 73.1 Å². The number of benzene rings is 2. The van der Waals surface area contributed by atoms with Crippen LogP contribution in [0.1, 0.15) is 23.6 Å². The summed E-state index contributed by atoms with van der Waals surface area (Å²) in [5.41, 5.74) is 0.599. The summed E-state index contributed by atoms with van der Waals surface area (Å²) in [5.74, 6) is -1.22. The van der Waals surface area contributed by atoms with E-state index in [0.29, 0.717) is 30.0 Å². The number of likely N-dealkylation sites (tertiary alicyclic amines) is 1. The molecule has 0 saturated carbocycles. The van der Waals surface area contributed by atoms with Gasteiger partial charge in [-0.1, -0.05) is 12.1 Å². The summed E-state index contributed by atoms with van der Waals surface area (Å²) in [5, 5.41) is 21.5. The first kappa shape index (κ1) is 23.1. The number of phenols is 1. The third kappa shape index (κ3) is 4.55. The van der Waals surface area contributed by atoms with Gasteiger partial charge in [0.05, 0.1) is 31.4 Å². The molecule has 8 nitrogen and oxygen atoms in total. The Kier molecular flexibility index (Phi) is 7.05. The number of rotatable bonds is 8. The predicted molar refractivity (Wildman–Crippen MR) is 120 cm³/mol. The van der Waals surface area contributed by atoms with E-state index in [4.69, 9.17) is 9.47 Å². The third-order valence-corrected chi connectivity index (χ3v) is 5.41. The second-order valence-corrected chi connectivity index (χ2v) is 7.81. The molecular weight excluding hydrogens is 412 g/mol. The second-order valence-electron chi connectivity index (χ2n) is 7.81. The molecule has 0 bridgehead atoms. The maximum absolute atomic E-state index is 13.0. The lowest BCUT2D eigenvalue weighted by Gasteiger charge is -2.26. The van der Waals surface area contributed by atoms with Crippen molar-refractivity contribution in [2.45, 2.75) is 12.5 Å². The Hall–Kier alpha value is -3.52. The fourth-order valence-corrected chi connectivity index (χ4v) is 3.81. The molecule has 2 aromatic carbocycles. The normalized spacial score (nSPS) is 17.8. The van der Waals surface area contributed by atoms with Crippen molar-refractivity contribution in [3.8, 4) is 17.2 Å². The number of Topliss-reactive ketones (excluding diaryl/α,β-unsaturated/α-hetero) is 1. The van der Waals surface area contributed by atoms with E-state index >= 15 is 0 Å². The van der Waals surface area contributed by atoms with Crippen LogP contribution in [0.3, 0.4) is 0 Å². The molecule has 2 aromatic rings. The molecule has 8 heteroatoms. The third-order valence-electron chi connectivity index (χ3n) is 5.41. The van der Waals surface area contributed by atoms with Crippen molar-refractivity contribution in [1.29, 1.82) is 0 Å². The Morgan fingerprint density at radius 1 is 1.06 bits per heavy atom. The van der Waals surface area contributed by atoms with Gasteiger partial charge in [-0.3, -0.25) is 9.59 Å². The van der Waals surface area contributed by atoms with Gasteiger partial charge in [-0.05, 0) is 56.9 Å². The number of aliphatic hydroxyl groups excluding tert-OH is 1. The summed E-state index contributed by atoms with van der Waals surface area (Å²) in [4.78, 5) is 29.5. The van der Waals surface area contributed by atoms with Crippen LogP contribution in [0.25, 0.3) is 5.76 Å². The highest BCUT2D eigenvalue weighted by Gasteiger charge is 2.46. The average Bonchev–Trinajstić information content (AvgIpc) is 3.03. The van der Waals surface area contributed by atoms with Crippen molar-refractivity contribution in [2.75, 3.05) is 41.4 Å². The number of methoxy groups -OCH3 is 2. The average molecular weight is 440 g/mol. The Morgan fingerprint density at radius 2 is 1.75 bits per heavy atom. The zero-order chi connectivity index (χ0) is 23.4. The number of hydrogen-bond acceptors (Lipinski definition) is 7. The summed E-state index contributed by atoms with van der Waals surface area (Å²) >= 11 is 0. The van der Waals surface area contributed by atoms with Gasteiger partial charge in [0.15, 0.2) is 0 Å². The van der Waals surface area contributed by atoms with Crippen molar-refractivity contribution in [1.82, 2.24) is 9.80 Å². The molecule has 1 amide bonds. The first-order valence-electron chi connectivity index (χ1n) is 10.2. The van der Waals surface area contributed by atoms with Crippen LogP contribution in [0.5, 0.6) is 17.2 Å². The van der Waals surface area contributed by atoms with Gasteiger partial charge in [-0.25, -0.2) is 0 Å². The van der Waals surface area contributed by atoms with E-state index < -0.39 is 23.5 Å². The SMILES string of the molecule is COc1cccc(C2C(=C(O)c3ccc(OC)cc3O)C(=O)C(=O)N2CCCN(C)C)c1. The molecule has 0 aliphatic carbocycles. The second kappa shape index (κ2) is 9.74. The van der Waals surface area contributed by atoms with E-state index in [1.54, 1.807) is 30.3 Å². The van der Waals surface area contributed by atoms with Crippen molar-refractivity contribution in [3.63, 3.8) is 0 Å². The van der Waals surface area contributed by atoms with E-state index in [2.05, 4.69) is 0 Å². The molecule has 1 saturated heterocycles. The number of ether oxygens (including phenoxy) is 2. The smallest absolute Gasteiger partial charge is 0.295 e. The van der Waals surface area contributed by atoms with Gasteiger partial charge in [0.1, 0.15) is 23.0 Å². The minimum absolute atomic E-state index is 0.0463. The molecule has 2 N–H and O–H groups in total. The fourth-order valence-electron chi connectivity index (χ4n) is 3.81. The number of aliphatic hydroxyl groups is 1. The summed E-state index contributed by atoms with van der Waals surface area (Å²) in [6, 6.07) is 10.6. The van der Waals surface area contributed by atoms with Gasteiger partial charge in [0, 0.05) is 12.6 Å². The lowest BCUT2D eigenvalue weighted by atomic mass is 9.94. The van der Waals surface area contributed by atoms with Crippen LogP contribution in [0, 0.1) is 0 Å². The highest BCUT2D eigenvalue weighted by atomic mass is 16.5. The lowest BCUT2D eigenvalue weighted by Crippen LogP contribution is -2.32. The molecule has 32 heavy (non-hydrogen) atoms. The minimum Gasteiger partial charge on any atom is -0.507 e. The highest BCUT2D eigenvalue weighted by Crippen LogP contribution is 2.42. The molecule has 1 fully saturated rings. The van der Waals surface area contributed by atoms with Crippen LogP contribution in [-0.2, 0) is 9.59 Å². The number of carbonyl (C=O) groups is 2. The molecule has 0 radical (unpaired) electrons. The Balaban J connectivity index is 2.14. The lowest BCUT2D eigenvalue weighted by molar-refractivity contribution is -0.139. The molecule has 1 heterocycles. The van der Waals surface area contributed by atoms with Crippen LogP contribution in [0.4, 0.5) is 0 Å². The Bertz CT molecular complexity index is 1050.